The number of sulfonamides is 1. The van der Waals surface area contributed by atoms with Gasteiger partial charge in [0.15, 0.2) is 0 Å². The highest BCUT2D eigenvalue weighted by Crippen LogP contribution is 2.33. The summed E-state index contributed by atoms with van der Waals surface area (Å²) in [5.74, 6) is -0.621. The fraction of sp³-hybridized carbons (Fsp3) is 0.321. The molecule has 1 atom stereocenters. The molecule has 0 radical (unpaired) electrons. The van der Waals surface area contributed by atoms with Crippen LogP contribution in [0.25, 0.3) is 0 Å². The SMILES string of the molecule is Cc1ccc(S(=O)(=O)N(CC(=O)NC(C)CC(C)(C)c2ccccc2)c2cccc(C(F)(F)F)c2)cc1. The lowest BCUT2D eigenvalue weighted by molar-refractivity contribution is -0.137. The summed E-state index contributed by atoms with van der Waals surface area (Å²) >= 11 is 0. The molecule has 0 saturated heterocycles. The molecule has 0 aromatic heterocycles. The van der Waals surface area contributed by atoms with Crippen molar-refractivity contribution in [2.75, 3.05) is 10.8 Å². The van der Waals surface area contributed by atoms with Gasteiger partial charge in [-0.1, -0.05) is 67.9 Å². The van der Waals surface area contributed by atoms with Crippen molar-refractivity contribution in [1.82, 2.24) is 5.32 Å². The number of alkyl halides is 3. The van der Waals surface area contributed by atoms with Crippen LogP contribution in [0.5, 0.6) is 0 Å². The molecule has 0 aliphatic rings. The normalized spacial score (nSPS) is 13.2. The lowest BCUT2D eigenvalue weighted by Gasteiger charge is -2.30. The van der Waals surface area contributed by atoms with Gasteiger partial charge in [0.05, 0.1) is 16.1 Å². The number of halogens is 3. The van der Waals surface area contributed by atoms with Crippen LogP contribution in [0.4, 0.5) is 18.9 Å². The second-order valence-electron chi connectivity index (χ2n) is 9.80. The van der Waals surface area contributed by atoms with E-state index >= 15 is 0 Å². The molecule has 0 bridgehead atoms. The zero-order valence-corrected chi connectivity index (χ0v) is 22.0. The average Bonchev–Trinajstić information content (AvgIpc) is 2.82. The van der Waals surface area contributed by atoms with E-state index in [1.54, 1.807) is 19.1 Å². The molecule has 3 aromatic carbocycles. The number of rotatable bonds is 9. The van der Waals surface area contributed by atoms with E-state index in [4.69, 9.17) is 0 Å². The number of aryl methyl sites for hydroxylation is 1. The maximum Gasteiger partial charge on any atom is 0.416 e. The summed E-state index contributed by atoms with van der Waals surface area (Å²) in [4.78, 5) is 12.9. The van der Waals surface area contributed by atoms with Crippen molar-refractivity contribution in [3.05, 3.63) is 95.6 Å². The average molecular weight is 533 g/mol. The number of carbonyl (C=O) groups excluding carboxylic acids is 1. The lowest BCUT2D eigenvalue weighted by Crippen LogP contribution is -2.45. The van der Waals surface area contributed by atoms with Gasteiger partial charge in [0.2, 0.25) is 5.91 Å². The molecule has 0 saturated carbocycles. The summed E-state index contributed by atoms with van der Waals surface area (Å²) in [5, 5.41) is 2.82. The Morgan fingerprint density at radius 1 is 0.919 bits per heavy atom. The molecule has 37 heavy (non-hydrogen) atoms. The molecule has 0 heterocycles. The van der Waals surface area contributed by atoms with Gasteiger partial charge >= 0.3 is 6.18 Å². The number of nitrogens with zero attached hydrogens (tertiary/aromatic N) is 1. The van der Waals surface area contributed by atoms with Crippen molar-refractivity contribution >= 4 is 21.6 Å². The molecule has 9 heteroatoms. The Morgan fingerprint density at radius 3 is 2.11 bits per heavy atom. The third-order valence-corrected chi connectivity index (χ3v) is 7.92. The van der Waals surface area contributed by atoms with Gasteiger partial charge in [-0.2, -0.15) is 13.2 Å². The number of nitrogens with one attached hydrogen (secondary N) is 1. The molecule has 5 nitrogen and oxygen atoms in total. The van der Waals surface area contributed by atoms with Crippen molar-refractivity contribution in [1.29, 1.82) is 0 Å². The number of hydrogen-bond donors (Lipinski definition) is 1. The first kappa shape index (κ1) is 28.2. The molecule has 3 rings (SSSR count). The maximum atomic E-state index is 13.5. The van der Waals surface area contributed by atoms with Crippen LogP contribution >= 0.6 is 0 Å². The standard InChI is InChI=1S/C28H31F3N2O3S/c1-20-13-15-25(16-14-20)37(35,36)33(24-12-8-11-23(17-24)28(29,30)31)19-26(34)32-21(2)18-27(3,4)22-9-6-5-7-10-22/h5-17,21H,18-19H2,1-4H3,(H,32,34). The molecule has 1 amide bonds. The second-order valence-corrected chi connectivity index (χ2v) is 11.7. The topological polar surface area (TPSA) is 66.5 Å². The van der Waals surface area contributed by atoms with Crippen molar-refractivity contribution in [3.8, 4) is 0 Å². The minimum absolute atomic E-state index is 0.124. The molecule has 0 aliphatic heterocycles. The number of carbonyl (C=O) groups is 1. The van der Waals surface area contributed by atoms with Crippen LogP contribution in [-0.2, 0) is 26.4 Å². The van der Waals surface area contributed by atoms with E-state index in [2.05, 4.69) is 5.32 Å². The van der Waals surface area contributed by atoms with E-state index in [-0.39, 0.29) is 22.0 Å². The quantitative estimate of drug-likeness (QED) is 0.363. The summed E-state index contributed by atoms with van der Waals surface area (Å²) in [6, 6.07) is 19.3. The zero-order chi connectivity index (χ0) is 27.4. The largest absolute Gasteiger partial charge is 0.416 e. The Morgan fingerprint density at radius 2 is 1.51 bits per heavy atom. The van der Waals surface area contributed by atoms with Gasteiger partial charge in [0, 0.05) is 6.04 Å². The zero-order valence-electron chi connectivity index (χ0n) is 21.2. The molecule has 3 aromatic rings. The van der Waals surface area contributed by atoms with Gasteiger partial charge < -0.3 is 5.32 Å². The first-order chi connectivity index (χ1) is 17.2. The Bertz CT molecular complexity index is 1320. The third kappa shape index (κ3) is 7.13. The molecular formula is C28H31F3N2O3S. The van der Waals surface area contributed by atoms with Crippen molar-refractivity contribution in [2.45, 2.75) is 56.6 Å². The van der Waals surface area contributed by atoms with E-state index in [0.717, 1.165) is 33.6 Å². The monoisotopic (exact) mass is 532 g/mol. The predicted molar refractivity (Wildman–Crippen MR) is 139 cm³/mol. The van der Waals surface area contributed by atoms with Crippen LogP contribution in [0.3, 0.4) is 0 Å². The molecule has 0 aliphatic carbocycles. The van der Waals surface area contributed by atoms with E-state index in [0.29, 0.717) is 6.42 Å². The summed E-state index contributed by atoms with van der Waals surface area (Å²) in [5.41, 5.74) is 0.374. The van der Waals surface area contributed by atoms with E-state index < -0.39 is 34.2 Å². The minimum Gasteiger partial charge on any atom is -0.352 e. The first-order valence-electron chi connectivity index (χ1n) is 11.8. The van der Waals surface area contributed by atoms with Crippen LogP contribution in [0.15, 0.2) is 83.8 Å². The first-order valence-corrected chi connectivity index (χ1v) is 13.3. The predicted octanol–water partition coefficient (Wildman–Crippen LogP) is 6.08. The lowest BCUT2D eigenvalue weighted by atomic mass is 9.79. The van der Waals surface area contributed by atoms with Crippen LogP contribution < -0.4 is 9.62 Å². The van der Waals surface area contributed by atoms with Crippen LogP contribution in [-0.4, -0.2) is 26.9 Å². The van der Waals surface area contributed by atoms with Gasteiger partial charge in [0.1, 0.15) is 6.54 Å². The second kappa shape index (κ2) is 11.0. The summed E-state index contributed by atoms with van der Waals surface area (Å²) in [6.07, 6.45) is -4.11. The highest BCUT2D eigenvalue weighted by atomic mass is 32.2. The fourth-order valence-electron chi connectivity index (χ4n) is 4.26. The maximum absolute atomic E-state index is 13.5. The number of benzene rings is 3. The highest BCUT2D eigenvalue weighted by molar-refractivity contribution is 7.92. The van der Waals surface area contributed by atoms with Crippen molar-refractivity contribution in [2.24, 2.45) is 0 Å². The Kier molecular flexibility index (Phi) is 8.37. The summed E-state index contributed by atoms with van der Waals surface area (Å²) < 4.78 is 67.9. The Labute approximate surface area is 216 Å². The van der Waals surface area contributed by atoms with Gasteiger partial charge in [-0.3, -0.25) is 9.10 Å². The van der Waals surface area contributed by atoms with Gasteiger partial charge in [-0.05, 0) is 61.6 Å². The van der Waals surface area contributed by atoms with Gasteiger partial charge in [0.25, 0.3) is 10.0 Å². The number of hydrogen-bond acceptors (Lipinski definition) is 3. The Hall–Kier alpha value is -3.33. The molecule has 1 unspecified atom stereocenters. The van der Waals surface area contributed by atoms with Crippen molar-refractivity contribution < 1.29 is 26.4 Å². The van der Waals surface area contributed by atoms with E-state index in [1.807, 2.05) is 51.1 Å². The molecule has 0 fully saturated rings. The number of anilines is 1. The molecule has 0 spiro atoms. The highest BCUT2D eigenvalue weighted by Gasteiger charge is 2.33. The number of amides is 1. The van der Waals surface area contributed by atoms with Crippen LogP contribution in [0.1, 0.15) is 43.9 Å². The minimum atomic E-state index is -4.67. The van der Waals surface area contributed by atoms with Crippen LogP contribution in [0, 0.1) is 6.92 Å². The summed E-state index contributed by atoms with van der Waals surface area (Å²) in [6.45, 7) is 7.01. The summed E-state index contributed by atoms with van der Waals surface area (Å²) in [7, 11) is -4.34. The Balaban J connectivity index is 1.88. The molecular weight excluding hydrogens is 501 g/mol. The van der Waals surface area contributed by atoms with Gasteiger partial charge in [-0.25, -0.2) is 8.42 Å². The molecule has 198 valence electrons. The van der Waals surface area contributed by atoms with E-state index in [1.165, 1.54) is 18.2 Å². The van der Waals surface area contributed by atoms with E-state index in [9.17, 15) is 26.4 Å². The van der Waals surface area contributed by atoms with Gasteiger partial charge in [-0.15, -0.1) is 0 Å². The third-order valence-electron chi connectivity index (χ3n) is 6.14. The molecule has 1 N–H and O–H groups in total. The fourth-order valence-corrected chi connectivity index (χ4v) is 5.68. The van der Waals surface area contributed by atoms with Crippen molar-refractivity contribution in [3.63, 3.8) is 0 Å². The smallest absolute Gasteiger partial charge is 0.352 e. The van der Waals surface area contributed by atoms with Crippen LogP contribution in [0.2, 0.25) is 0 Å².